The molecule has 117 heavy (non-hydrogen) atoms. The Morgan fingerprint density at radius 2 is 0.684 bits per heavy atom. The molecule has 23 heteroatoms. The number of carbonyl (C=O) groups excluding carboxylic acids is 1. The summed E-state index contributed by atoms with van der Waals surface area (Å²) in [5, 5.41) is 4.56. The monoisotopic (exact) mass is 1620 g/mol. The van der Waals surface area contributed by atoms with E-state index in [1.54, 1.807) is 0 Å². The van der Waals surface area contributed by atoms with Gasteiger partial charge in [-0.3, -0.25) is 4.79 Å². The van der Waals surface area contributed by atoms with Gasteiger partial charge in [0.15, 0.2) is 43.3 Å². The Hall–Kier alpha value is -6.62. The van der Waals surface area contributed by atoms with E-state index < -0.39 is 141 Å². The van der Waals surface area contributed by atoms with E-state index in [1.165, 1.54) is 6.92 Å². The third-order valence-electron chi connectivity index (χ3n) is 25.7. The van der Waals surface area contributed by atoms with Crippen molar-refractivity contribution in [1.29, 1.82) is 0 Å². The molecule has 636 valence electrons. The van der Waals surface area contributed by atoms with Crippen LogP contribution in [0.15, 0.2) is 187 Å². The molecule has 31 unspecified atom stereocenters. The molecule has 6 saturated heterocycles. The molecular weight excluding hydrogens is 1490 g/mol. The third-order valence-corrected chi connectivity index (χ3v) is 25.7. The van der Waals surface area contributed by atoms with Gasteiger partial charge in [-0.2, -0.15) is 0 Å². The van der Waals surface area contributed by atoms with Crippen LogP contribution in [-0.2, 0) is 134 Å². The first kappa shape index (κ1) is 88.2. The van der Waals surface area contributed by atoms with Crippen molar-refractivity contribution < 1.29 is 94.8 Å². The maximum atomic E-state index is 13.1. The van der Waals surface area contributed by atoms with Crippen molar-refractivity contribution in [1.82, 2.24) is 0 Å². The molecule has 0 N–H and O–H groups in total. The summed E-state index contributed by atoms with van der Waals surface area (Å²) < 4.78 is 134. The number of esters is 1. The summed E-state index contributed by atoms with van der Waals surface area (Å²) in [6, 6.07) is 59.2. The van der Waals surface area contributed by atoms with Crippen LogP contribution in [0, 0.1) is 59.2 Å². The smallest absolute Gasteiger partial charge is 0.303 e. The van der Waals surface area contributed by atoms with Crippen molar-refractivity contribution in [3.63, 3.8) is 0 Å². The highest BCUT2D eigenvalue weighted by atomic mass is 16.8. The Kier molecular flexibility index (Phi) is 31.5. The van der Waals surface area contributed by atoms with Crippen LogP contribution in [-0.4, -0.2) is 167 Å². The predicted octanol–water partition coefficient (Wildman–Crippen LogP) is 16.5. The molecular formula is C94H125N3O20. The van der Waals surface area contributed by atoms with Crippen LogP contribution in [0.4, 0.5) is 0 Å². The van der Waals surface area contributed by atoms with E-state index in [4.69, 9.17) is 90.0 Å². The predicted molar refractivity (Wildman–Crippen MR) is 436 cm³/mol. The molecule has 0 amide bonds. The van der Waals surface area contributed by atoms with Gasteiger partial charge in [-0.25, -0.2) is 0 Å². The van der Waals surface area contributed by atoms with Crippen LogP contribution < -0.4 is 0 Å². The van der Waals surface area contributed by atoms with Crippen LogP contribution in [0.25, 0.3) is 10.4 Å². The molecule has 31 atom stereocenters. The second-order valence-electron chi connectivity index (χ2n) is 34.1. The molecule has 6 aromatic rings. The largest absolute Gasteiger partial charge is 0.457 e. The molecule has 0 radical (unpaired) electrons. The minimum atomic E-state index is -1.19. The molecule has 13 rings (SSSR count). The van der Waals surface area contributed by atoms with Gasteiger partial charge in [-0.15, -0.1) is 0 Å². The summed E-state index contributed by atoms with van der Waals surface area (Å²) in [7, 11) is 0. The lowest BCUT2D eigenvalue weighted by molar-refractivity contribution is -0.379. The topological polar surface area (TPSA) is 241 Å². The van der Waals surface area contributed by atoms with Crippen molar-refractivity contribution in [2.45, 2.75) is 278 Å². The van der Waals surface area contributed by atoms with E-state index in [9.17, 15) is 10.3 Å². The Morgan fingerprint density at radius 3 is 1.14 bits per heavy atom. The van der Waals surface area contributed by atoms with E-state index in [0.717, 1.165) is 33.4 Å². The Bertz CT molecular complexity index is 3990. The number of fused-ring (bicyclic) bond motifs is 1. The molecule has 6 aromatic carbocycles. The molecule has 1 saturated carbocycles. The fourth-order valence-corrected chi connectivity index (χ4v) is 17.9. The number of carbonyl (C=O) groups is 1. The minimum absolute atomic E-state index is 0.0219. The number of azide groups is 1. The lowest BCUT2D eigenvalue weighted by Gasteiger charge is -2.51. The molecule has 23 nitrogen and oxygen atoms in total. The van der Waals surface area contributed by atoms with Crippen LogP contribution in [0.2, 0.25) is 0 Å². The molecule has 6 aliphatic heterocycles. The van der Waals surface area contributed by atoms with Gasteiger partial charge in [0.25, 0.3) is 0 Å². The highest BCUT2D eigenvalue weighted by Crippen LogP contribution is 2.48. The summed E-state index contributed by atoms with van der Waals surface area (Å²) in [5.74, 6) is -3.52. The summed E-state index contributed by atoms with van der Waals surface area (Å²) >= 11 is 0. The van der Waals surface area contributed by atoms with Crippen molar-refractivity contribution in [3.8, 4) is 0 Å². The third kappa shape index (κ3) is 22.2. The second-order valence-corrected chi connectivity index (χ2v) is 34.1. The van der Waals surface area contributed by atoms with E-state index in [2.05, 4.69) is 79.3 Å². The SMILES string of the molecule is CCC1OC(OC2C(OCC3OC(OC4C(COCc5ccccc5)OC(OC5C(OCc6ccccc6)C(C)C(OCc6ccccc6)C6OC(C)(C)OC56)C(N=[N+]=[N-])C4C)C(OCc4ccccc4)C(C)C3C)OC(COCc3ccccc3)C(C)C2C)C(OC2OC(COCc3ccccc3)C(C)C(C)C2OC(C)=O)C(C)C1C. The molecule has 0 spiro atoms. The first-order chi connectivity index (χ1) is 56.6. The number of nitrogens with zero attached hydrogens (tertiary/aromatic N) is 3. The summed E-state index contributed by atoms with van der Waals surface area (Å²) in [6.07, 6.45) is -14.1. The highest BCUT2D eigenvalue weighted by Gasteiger charge is 2.61. The van der Waals surface area contributed by atoms with Crippen LogP contribution in [0.5, 0.6) is 0 Å². The number of rotatable bonds is 35. The van der Waals surface area contributed by atoms with Crippen LogP contribution >= 0.6 is 0 Å². The summed E-state index contributed by atoms with van der Waals surface area (Å²) in [5.41, 5.74) is 16.7. The number of ether oxygens (including phenoxy) is 19. The molecule has 7 aliphatic rings. The zero-order chi connectivity index (χ0) is 82.3. The molecule has 7 fully saturated rings. The first-order valence-corrected chi connectivity index (χ1v) is 42.5. The van der Waals surface area contributed by atoms with Crippen molar-refractivity contribution in [2.75, 3.05) is 26.4 Å². The fraction of sp³-hybridized carbons (Fsp3) is 0.606. The fourth-order valence-electron chi connectivity index (χ4n) is 17.9. The lowest BCUT2D eigenvalue weighted by Crippen LogP contribution is -2.64. The highest BCUT2D eigenvalue weighted by molar-refractivity contribution is 5.66. The van der Waals surface area contributed by atoms with Gasteiger partial charge >= 0.3 is 5.97 Å². The number of benzene rings is 6. The van der Waals surface area contributed by atoms with Gasteiger partial charge in [-0.1, -0.05) is 263 Å². The molecule has 0 aromatic heterocycles. The zero-order valence-corrected chi connectivity index (χ0v) is 70.5. The standard InChI is InChI=1S/C94H125N3O20/c1-15-73-56(2)61(7)85(114-92-84(106-66(12)98)63(9)59(5)75(109-92)53-100-47-68-36-24-17-25-37-68)93(107-73)113-83-62(8)58(4)74(52-99-46-67-34-22-16-23-35-67)108-90(83)105-55-76-57(3)60(6)82(104-51-72-44-32-21-33-45-72)91(110-76)112-79-64(10)78(96-97-95)89(111-77(79)54-101-48-69-38-26-18-27-39-69)115-86-80(102-49-70-40-28-19-29-41-70)65(11)81(87-88(86)117-94(13,14)116-87)103-50-71-42-30-20-31-43-71/h16-45,56-65,73-93H,15,46-55H2,1-14H3. The van der Waals surface area contributed by atoms with Crippen LogP contribution in [0.3, 0.4) is 0 Å². The van der Waals surface area contributed by atoms with Gasteiger partial charge in [0.2, 0.25) is 0 Å². The summed E-state index contributed by atoms with van der Waals surface area (Å²) in [4.78, 5) is 16.6. The zero-order valence-electron chi connectivity index (χ0n) is 70.5. The van der Waals surface area contributed by atoms with E-state index in [-0.39, 0.29) is 99.0 Å². The van der Waals surface area contributed by atoms with Crippen LogP contribution in [0.1, 0.15) is 137 Å². The van der Waals surface area contributed by atoms with E-state index >= 15 is 0 Å². The normalized spacial score (nSPS) is 36.8. The number of hydrogen-bond donors (Lipinski definition) is 0. The van der Waals surface area contributed by atoms with Gasteiger partial charge < -0.3 is 90.0 Å². The Morgan fingerprint density at radius 1 is 0.350 bits per heavy atom. The van der Waals surface area contributed by atoms with Crippen molar-refractivity contribution >= 4 is 5.97 Å². The molecule has 1 aliphatic carbocycles. The average molecular weight is 1620 g/mol. The maximum Gasteiger partial charge on any atom is 0.303 e. The molecule has 0 bridgehead atoms. The Balaban J connectivity index is 0.798. The van der Waals surface area contributed by atoms with E-state index in [0.29, 0.717) is 32.8 Å². The van der Waals surface area contributed by atoms with Gasteiger partial charge in [0.05, 0.1) is 115 Å². The average Bonchev–Trinajstić information content (AvgIpc) is 1.60. The van der Waals surface area contributed by atoms with Crippen molar-refractivity contribution in [2.24, 2.45) is 64.3 Å². The lowest BCUT2D eigenvalue weighted by atomic mass is 9.78. The van der Waals surface area contributed by atoms with Gasteiger partial charge in [0.1, 0.15) is 42.7 Å². The van der Waals surface area contributed by atoms with E-state index in [1.807, 2.05) is 203 Å². The van der Waals surface area contributed by atoms with Gasteiger partial charge in [-0.05, 0) is 107 Å². The quantitative estimate of drug-likeness (QED) is 0.0155. The van der Waals surface area contributed by atoms with Gasteiger partial charge in [0, 0.05) is 23.7 Å². The second kappa shape index (κ2) is 41.8. The maximum absolute atomic E-state index is 13.1. The first-order valence-electron chi connectivity index (χ1n) is 42.5. The summed E-state index contributed by atoms with van der Waals surface area (Å²) in [6.45, 7) is 31.1. The Labute approximate surface area is 691 Å². The minimum Gasteiger partial charge on any atom is -0.457 e. The van der Waals surface area contributed by atoms with Crippen molar-refractivity contribution in [3.05, 3.63) is 226 Å². The number of hydrogen-bond acceptors (Lipinski definition) is 21. The molecule has 6 heterocycles.